The minimum absolute atomic E-state index is 0.00249. The van der Waals surface area contributed by atoms with Crippen molar-refractivity contribution in [1.82, 2.24) is 24.9 Å². The Balaban J connectivity index is 1.62. The van der Waals surface area contributed by atoms with Crippen molar-refractivity contribution >= 4 is 5.91 Å². The van der Waals surface area contributed by atoms with Gasteiger partial charge in [0, 0.05) is 43.1 Å². The second-order valence-electron chi connectivity index (χ2n) is 6.94. The van der Waals surface area contributed by atoms with Gasteiger partial charge in [-0.2, -0.15) is 10.2 Å². The fraction of sp³-hybridized carbons (Fsp3) is 0.611. The molecule has 1 aliphatic rings. The third-order valence-electron chi connectivity index (χ3n) is 5.02. The van der Waals surface area contributed by atoms with Crippen LogP contribution in [-0.2, 0) is 23.1 Å². The van der Waals surface area contributed by atoms with Crippen molar-refractivity contribution in [3.8, 4) is 0 Å². The van der Waals surface area contributed by atoms with Crippen molar-refractivity contribution in [1.29, 1.82) is 0 Å². The van der Waals surface area contributed by atoms with Crippen LogP contribution in [0.2, 0.25) is 0 Å². The average Bonchev–Trinajstić information content (AvgIpc) is 3.18. The van der Waals surface area contributed by atoms with Crippen LogP contribution in [0.4, 0.5) is 0 Å². The zero-order valence-corrected chi connectivity index (χ0v) is 15.7. The van der Waals surface area contributed by atoms with Gasteiger partial charge >= 0.3 is 0 Å². The standard InChI is InChI=1S/C18H27N5O2/c1-11-8-12(2)23(20-11)10-16(24)19-9-15-6-7-25-18(15)17-13(3)21-22(5)14(17)4/h8,15,18H,6-7,9-10H2,1-5H3,(H,19,24)/t15-,18+/m1/s1. The van der Waals surface area contributed by atoms with Crippen LogP contribution in [0, 0.1) is 33.6 Å². The Kier molecular flexibility index (Phi) is 4.94. The van der Waals surface area contributed by atoms with Crippen LogP contribution in [-0.4, -0.2) is 38.6 Å². The summed E-state index contributed by atoms with van der Waals surface area (Å²) in [6.07, 6.45) is 0.946. The molecule has 1 fully saturated rings. The molecule has 1 N–H and O–H groups in total. The molecule has 1 saturated heterocycles. The molecule has 2 aromatic rings. The summed E-state index contributed by atoms with van der Waals surface area (Å²) in [5.74, 6) is 0.252. The highest BCUT2D eigenvalue weighted by molar-refractivity contribution is 5.75. The first kappa shape index (κ1) is 17.7. The summed E-state index contributed by atoms with van der Waals surface area (Å²) in [5.41, 5.74) is 5.22. The molecule has 7 nitrogen and oxygen atoms in total. The Hall–Kier alpha value is -2.15. The van der Waals surface area contributed by atoms with Crippen LogP contribution in [0.3, 0.4) is 0 Å². The van der Waals surface area contributed by atoms with Gasteiger partial charge in [-0.3, -0.25) is 14.2 Å². The number of aromatic nitrogens is 4. The number of hydrogen-bond donors (Lipinski definition) is 1. The van der Waals surface area contributed by atoms with Gasteiger partial charge in [0.25, 0.3) is 0 Å². The first-order valence-electron chi connectivity index (χ1n) is 8.76. The van der Waals surface area contributed by atoms with Crippen molar-refractivity contribution in [2.24, 2.45) is 13.0 Å². The second-order valence-corrected chi connectivity index (χ2v) is 6.94. The van der Waals surface area contributed by atoms with Crippen LogP contribution in [0.15, 0.2) is 6.07 Å². The molecule has 0 spiro atoms. The fourth-order valence-corrected chi connectivity index (χ4v) is 3.64. The lowest BCUT2D eigenvalue weighted by atomic mass is 9.94. The predicted molar refractivity (Wildman–Crippen MR) is 94.2 cm³/mol. The fourth-order valence-electron chi connectivity index (χ4n) is 3.64. The minimum atomic E-state index is -0.0171. The molecule has 25 heavy (non-hydrogen) atoms. The summed E-state index contributed by atoms with van der Waals surface area (Å²) in [6, 6.07) is 1.97. The topological polar surface area (TPSA) is 74.0 Å². The van der Waals surface area contributed by atoms with E-state index in [9.17, 15) is 4.79 Å². The predicted octanol–water partition coefficient (Wildman–Crippen LogP) is 1.74. The molecule has 2 aromatic heterocycles. The number of nitrogens with zero attached hydrogens (tertiary/aromatic N) is 4. The molecule has 7 heteroatoms. The molecule has 3 heterocycles. The van der Waals surface area contributed by atoms with Gasteiger partial charge < -0.3 is 10.1 Å². The van der Waals surface area contributed by atoms with Gasteiger partial charge in [0.2, 0.25) is 5.91 Å². The maximum atomic E-state index is 12.3. The Bertz CT molecular complexity index is 777. The molecular formula is C18H27N5O2. The van der Waals surface area contributed by atoms with Gasteiger partial charge in [-0.25, -0.2) is 0 Å². The lowest BCUT2D eigenvalue weighted by molar-refractivity contribution is -0.122. The number of nitrogens with one attached hydrogen (secondary N) is 1. The lowest BCUT2D eigenvalue weighted by Crippen LogP contribution is -2.33. The third kappa shape index (κ3) is 3.61. The number of carbonyl (C=O) groups is 1. The van der Waals surface area contributed by atoms with E-state index in [1.807, 2.05) is 38.6 Å². The smallest absolute Gasteiger partial charge is 0.241 e. The molecule has 0 unspecified atom stereocenters. The maximum Gasteiger partial charge on any atom is 0.241 e. The highest BCUT2D eigenvalue weighted by Gasteiger charge is 2.33. The van der Waals surface area contributed by atoms with E-state index in [0.717, 1.165) is 41.4 Å². The molecule has 3 rings (SSSR count). The molecule has 0 saturated carbocycles. The van der Waals surface area contributed by atoms with Gasteiger partial charge in [-0.1, -0.05) is 0 Å². The monoisotopic (exact) mass is 345 g/mol. The summed E-state index contributed by atoms with van der Waals surface area (Å²) in [7, 11) is 1.95. The quantitative estimate of drug-likeness (QED) is 0.896. The van der Waals surface area contributed by atoms with Crippen LogP contribution in [0.25, 0.3) is 0 Å². The second kappa shape index (κ2) is 7.00. The molecule has 0 bridgehead atoms. The highest BCUT2D eigenvalue weighted by Crippen LogP contribution is 2.37. The molecule has 1 amide bonds. The summed E-state index contributed by atoms with van der Waals surface area (Å²) in [6.45, 7) is 9.55. The Labute approximate surface area is 148 Å². The highest BCUT2D eigenvalue weighted by atomic mass is 16.5. The number of ether oxygens (including phenoxy) is 1. The Morgan fingerprint density at radius 2 is 2.08 bits per heavy atom. The lowest BCUT2D eigenvalue weighted by Gasteiger charge is -2.20. The molecule has 0 radical (unpaired) electrons. The van der Waals surface area contributed by atoms with Crippen LogP contribution in [0.1, 0.15) is 40.9 Å². The first-order valence-corrected chi connectivity index (χ1v) is 8.76. The van der Waals surface area contributed by atoms with Crippen molar-refractivity contribution < 1.29 is 9.53 Å². The van der Waals surface area contributed by atoms with Crippen molar-refractivity contribution in [3.05, 3.63) is 34.4 Å². The van der Waals surface area contributed by atoms with Crippen LogP contribution in [0.5, 0.6) is 0 Å². The molecular weight excluding hydrogens is 318 g/mol. The maximum absolute atomic E-state index is 12.3. The summed E-state index contributed by atoms with van der Waals surface area (Å²) in [5, 5.41) is 11.9. The van der Waals surface area contributed by atoms with Crippen LogP contribution >= 0.6 is 0 Å². The van der Waals surface area contributed by atoms with E-state index in [4.69, 9.17) is 4.74 Å². The van der Waals surface area contributed by atoms with E-state index in [-0.39, 0.29) is 24.5 Å². The number of rotatable bonds is 5. The van der Waals surface area contributed by atoms with Gasteiger partial charge in [-0.15, -0.1) is 0 Å². The third-order valence-corrected chi connectivity index (χ3v) is 5.02. The number of carbonyl (C=O) groups excluding carboxylic acids is 1. The van der Waals surface area contributed by atoms with E-state index in [0.29, 0.717) is 6.54 Å². The van der Waals surface area contributed by atoms with Crippen molar-refractivity contribution in [2.45, 2.75) is 46.8 Å². The Morgan fingerprint density at radius 1 is 1.32 bits per heavy atom. The SMILES string of the molecule is Cc1cc(C)n(CC(=O)NC[C@H]2CCO[C@@H]2c2c(C)nn(C)c2C)n1. The number of aryl methyl sites for hydroxylation is 4. The summed E-state index contributed by atoms with van der Waals surface area (Å²) in [4.78, 5) is 12.3. The summed E-state index contributed by atoms with van der Waals surface area (Å²) >= 11 is 0. The van der Waals surface area contributed by atoms with Crippen molar-refractivity contribution in [2.75, 3.05) is 13.2 Å². The van der Waals surface area contributed by atoms with Gasteiger partial charge in [0.15, 0.2) is 0 Å². The van der Waals surface area contributed by atoms with Gasteiger partial charge in [0.1, 0.15) is 6.54 Å². The van der Waals surface area contributed by atoms with E-state index in [2.05, 4.69) is 22.4 Å². The first-order chi connectivity index (χ1) is 11.9. The van der Waals surface area contributed by atoms with E-state index in [1.165, 1.54) is 0 Å². The van der Waals surface area contributed by atoms with E-state index >= 15 is 0 Å². The normalized spacial score (nSPS) is 20.2. The van der Waals surface area contributed by atoms with E-state index in [1.54, 1.807) is 4.68 Å². The molecule has 1 aliphatic heterocycles. The molecule has 0 aliphatic carbocycles. The molecule has 136 valence electrons. The van der Waals surface area contributed by atoms with Crippen molar-refractivity contribution in [3.63, 3.8) is 0 Å². The Morgan fingerprint density at radius 3 is 2.68 bits per heavy atom. The summed E-state index contributed by atoms with van der Waals surface area (Å²) < 4.78 is 9.61. The molecule has 2 atom stereocenters. The van der Waals surface area contributed by atoms with Gasteiger partial charge in [0.05, 0.1) is 17.5 Å². The molecule has 0 aromatic carbocycles. The largest absolute Gasteiger partial charge is 0.373 e. The van der Waals surface area contributed by atoms with Crippen LogP contribution < -0.4 is 5.32 Å². The van der Waals surface area contributed by atoms with Gasteiger partial charge in [-0.05, 0) is 40.2 Å². The number of hydrogen-bond acceptors (Lipinski definition) is 4. The minimum Gasteiger partial charge on any atom is -0.373 e. The number of amides is 1. The zero-order valence-electron chi connectivity index (χ0n) is 15.7. The zero-order chi connectivity index (χ0) is 18.1. The van der Waals surface area contributed by atoms with E-state index < -0.39 is 0 Å². The average molecular weight is 345 g/mol.